The maximum absolute atomic E-state index is 12.9. The number of amides is 3. The lowest BCUT2D eigenvalue weighted by molar-refractivity contribution is -0.150. The topological polar surface area (TPSA) is 203 Å². The lowest BCUT2D eigenvalue weighted by Crippen LogP contribution is -2.71. The van der Waals surface area contributed by atoms with E-state index in [4.69, 9.17) is 5.73 Å². The Morgan fingerprint density at radius 2 is 2.16 bits per heavy atom. The van der Waals surface area contributed by atoms with E-state index in [2.05, 4.69) is 25.1 Å². The molecule has 5 rings (SSSR count). The van der Waals surface area contributed by atoms with E-state index < -0.39 is 34.9 Å². The van der Waals surface area contributed by atoms with Crippen LogP contribution >= 0.6 is 23.3 Å². The number of nitrogens with two attached hydrogens (primary N) is 1. The zero-order valence-electron chi connectivity index (χ0n) is 19.4. The van der Waals surface area contributed by atoms with Crippen LogP contribution in [0.15, 0.2) is 28.1 Å². The molecule has 3 atom stereocenters. The van der Waals surface area contributed by atoms with E-state index >= 15 is 0 Å². The van der Waals surface area contributed by atoms with Crippen molar-refractivity contribution in [2.24, 2.45) is 11.1 Å². The molecule has 0 aliphatic carbocycles. The molecule has 1 aromatic rings. The SMILES string of the molecule is Nc1nc(/C(=N/O)C(=O)N[C@@H]2C(=O)N3C(C(=O)O)=C(C=C4CCN(CC5CCNC5)C4=O)CS[C@H]23)ns1. The smallest absolute Gasteiger partial charge is 0.352 e. The highest BCUT2D eigenvalue weighted by Crippen LogP contribution is 2.41. The Kier molecular flexibility index (Phi) is 6.87. The predicted molar refractivity (Wildman–Crippen MR) is 133 cm³/mol. The molecule has 196 valence electrons. The van der Waals surface area contributed by atoms with Crippen molar-refractivity contribution in [1.82, 2.24) is 29.8 Å². The number of aliphatic carboxylic acids is 1. The summed E-state index contributed by atoms with van der Waals surface area (Å²) >= 11 is 2.07. The number of nitrogen functional groups attached to an aromatic ring is 1. The van der Waals surface area contributed by atoms with Crippen molar-refractivity contribution < 1.29 is 29.5 Å². The minimum atomic E-state index is -1.30. The molecule has 0 saturated carbocycles. The average Bonchev–Trinajstić information content (AvgIpc) is 3.62. The molecule has 0 radical (unpaired) electrons. The zero-order chi connectivity index (χ0) is 26.3. The number of likely N-dealkylation sites (tertiary alicyclic amines) is 1. The van der Waals surface area contributed by atoms with Crippen LogP contribution in [0, 0.1) is 5.92 Å². The molecule has 4 aliphatic rings. The van der Waals surface area contributed by atoms with Gasteiger partial charge in [0.1, 0.15) is 17.1 Å². The van der Waals surface area contributed by atoms with E-state index in [0.29, 0.717) is 36.6 Å². The van der Waals surface area contributed by atoms with Gasteiger partial charge in [-0.05, 0) is 43.5 Å². The van der Waals surface area contributed by atoms with E-state index in [-0.39, 0.29) is 28.3 Å². The number of hydrogen-bond donors (Lipinski definition) is 5. The number of oxime groups is 1. The Morgan fingerprint density at radius 3 is 2.81 bits per heavy atom. The maximum atomic E-state index is 12.9. The first-order chi connectivity index (χ1) is 17.8. The number of anilines is 1. The summed E-state index contributed by atoms with van der Waals surface area (Å²) < 4.78 is 3.82. The fourth-order valence-corrected chi connectivity index (χ4v) is 6.59. The lowest BCUT2D eigenvalue weighted by Gasteiger charge is -2.49. The van der Waals surface area contributed by atoms with Gasteiger partial charge >= 0.3 is 5.97 Å². The summed E-state index contributed by atoms with van der Waals surface area (Å²) in [6, 6.07) is -1.04. The van der Waals surface area contributed by atoms with Crippen LogP contribution in [0.3, 0.4) is 0 Å². The lowest BCUT2D eigenvalue weighted by atomic mass is 10.0. The highest BCUT2D eigenvalue weighted by molar-refractivity contribution is 8.00. The highest BCUT2D eigenvalue weighted by atomic mass is 32.2. The number of fused-ring (bicyclic) bond motifs is 1. The first-order valence-electron chi connectivity index (χ1n) is 11.5. The summed E-state index contributed by atoms with van der Waals surface area (Å²) in [7, 11) is 0. The normalized spacial score (nSPS) is 27.1. The van der Waals surface area contributed by atoms with Gasteiger partial charge in [0.05, 0.1) is 0 Å². The number of nitrogens with zero attached hydrogens (tertiary/aromatic N) is 5. The Balaban J connectivity index is 1.30. The van der Waals surface area contributed by atoms with Crippen LogP contribution in [-0.2, 0) is 19.2 Å². The van der Waals surface area contributed by atoms with Crippen molar-refractivity contribution in [1.29, 1.82) is 0 Å². The van der Waals surface area contributed by atoms with Gasteiger partial charge in [0.2, 0.25) is 17.4 Å². The molecule has 16 heteroatoms. The van der Waals surface area contributed by atoms with Gasteiger partial charge in [-0.3, -0.25) is 19.3 Å². The third-order valence-electron chi connectivity index (χ3n) is 6.66. The second-order valence-corrected chi connectivity index (χ2v) is 10.9. The largest absolute Gasteiger partial charge is 0.477 e. The van der Waals surface area contributed by atoms with E-state index in [1.165, 1.54) is 11.8 Å². The van der Waals surface area contributed by atoms with Crippen molar-refractivity contribution >= 4 is 57.8 Å². The number of thioether (sulfide) groups is 1. The first-order valence-corrected chi connectivity index (χ1v) is 13.3. The highest BCUT2D eigenvalue weighted by Gasteiger charge is 2.54. The number of hydrogen-bond acceptors (Lipinski definition) is 12. The molecule has 5 heterocycles. The molecule has 1 aromatic heterocycles. The van der Waals surface area contributed by atoms with Gasteiger partial charge in [-0.1, -0.05) is 5.16 Å². The molecule has 3 saturated heterocycles. The molecule has 1 unspecified atom stereocenters. The molecule has 0 spiro atoms. The first kappa shape index (κ1) is 25.2. The van der Waals surface area contributed by atoms with Gasteiger partial charge in [-0.2, -0.15) is 9.36 Å². The van der Waals surface area contributed by atoms with E-state index in [1.54, 1.807) is 11.0 Å². The van der Waals surface area contributed by atoms with Gasteiger partial charge in [-0.15, -0.1) is 11.8 Å². The third kappa shape index (κ3) is 4.67. The third-order valence-corrected chi connectivity index (χ3v) is 8.50. The van der Waals surface area contributed by atoms with Crippen LogP contribution in [0.25, 0.3) is 0 Å². The maximum Gasteiger partial charge on any atom is 0.352 e. The van der Waals surface area contributed by atoms with Gasteiger partial charge < -0.3 is 31.6 Å². The van der Waals surface area contributed by atoms with Gasteiger partial charge in [-0.25, -0.2) is 4.79 Å². The summed E-state index contributed by atoms with van der Waals surface area (Å²) in [6.45, 7) is 3.07. The number of aromatic nitrogens is 2. The van der Waals surface area contributed by atoms with E-state index in [0.717, 1.165) is 35.9 Å². The molecule has 0 bridgehead atoms. The fourth-order valence-electron chi connectivity index (χ4n) is 4.85. The predicted octanol–water partition coefficient (Wildman–Crippen LogP) is -1.19. The van der Waals surface area contributed by atoms with Crippen LogP contribution in [0.4, 0.5) is 5.13 Å². The number of carbonyl (C=O) groups excluding carboxylic acids is 3. The van der Waals surface area contributed by atoms with Crippen LogP contribution in [0.2, 0.25) is 0 Å². The van der Waals surface area contributed by atoms with Crippen molar-refractivity contribution in [3.63, 3.8) is 0 Å². The van der Waals surface area contributed by atoms with E-state index in [1.807, 2.05) is 0 Å². The number of carboxylic acid groups (broad SMARTS) is 1. The minimum absolute atomic E-state index is 0.0648. The molecule has 0 aromatic carbocycles. The van der Waals surface area contributed by atoms with Gasteiger partial charge in [0.15, 0.2) is 5.13 Å². The Morgan fingerprint density at radius 1 is 1.35 bits per heavy atom. The molecule has 3 amide bonds. The number of carboxylic acids is 1. The van der Waals surface area contributed by atoms with Crippen molar-refractivity contribution in [2.75, 3.05) is 37.7 Å². The summed E-state index contributed by atoms with van der Waals surface area (Å²) in [5, 5.41) is 27.2. The van der Waals surface area contributed by atoms with Crippen LogP contribution < -0.4 is 16.4 Å². The molecule has 14 nitrogen and oxygen atoms in total. The monoisotopic (exact) mass is 548 g/mol. The van der Waals surface area contributed by atoms with Crippen LogP contribution in [-0.4, -0.2) is 102 Å². The fraction of sp³-hybridized carbons (Fsp3) is 0.476. The molecular weight excluding hydrogens is 524 g/mol. The number of nitrogens with one attached hydrogen (secondary N) is 2. The summed E-state index contributed by atoms with van der Waals surface area (Å²) in [5.74, 6) is -2.48. The summed E-state index contributed by atoms with van der Waals surface area (Å²) in [5.41, 5.74) is 5.68. The van der Waals surface area contributed by atoms with Gasteiger partial charge in [0.25, 0.3) is 11.8 Å². The quantitative estimate of drug-likeness (QED) is 0.0900. The molecule has 37 heavy (non-hydrogen) atoms. The Labute approximate surface area is 218 Å². The van der Waals surface area contributed by atoms with Crippen molar-refractivity contribution in [3.05, 3.63) is 28.7 Å². The molecule has 3 fully saturated rings. The average molecular weight is 549 g/mol. The van der Waals surface area contributed by atoms with Crippen LogP contribution in [0.1, 0.15) is 18.7 Å². The van der Waals surface area contributed by atoms with Crippen LogP contribution in [0.5, 0.6) is 0 Å². The summed E-state index contributed by atoms with van der Waals surface area (Å²) in [6.07, 6.45) is 3.12. The number of allylic oxidation sites excluding steroid dienone is 1. The second kappa shape index (κ2) is 10.1. The standard InChI is InChI=1S/C21H24N8O6S2/c22-21-25-15(27-37-21)12(26-35)16(30)24-13-18(32)29-14(20(33)34)11(8-36-19(13)29)5-10-2-4-28(17(10)31)7-9-1-3-23-6-9/h5,9,13,19,23,35H,1-4,6-8H2,(H,24,30)(H,33,34)(H2,22,25,27)/b10-5?,26-12-/t9?,13-,19-/m1/s1. The zero-order valence-corrected chi connectivity index (χ0v) is 21.0. The second-order valence-electron chi connectivity index (χ2n) is 8.97. The summed E-state index contributed by atoms with van der Waals surface area (Å²) in [4.78, 5) is 57.4. The molecule has 6 N–H and O–H groups in total. The Bertz CT molecular complexity index is 1250. The number of carbonyl (C=O) groups is 4. The molecule has 4 aliphatic heterocycles. The van der Waals surface area contributed by atoms with E-state index in [9.17, 15) is 29.5 Å². The number of rotatable bonds is 7. The number of β-lactam (4-membered cyclic amide) rings is 1. The van der Waals surface area contributed by atoms with Crippen molar-refractivity contribution in [2.45, 2.75) is 24.3 Å². The molecular formula is C21H24N8O6S2. The van der Waals surface area contributed by atoms with Crippen molar-refractivity contribution in [3.8, 4) is 0 Å². The van der Waals surface area contributed by atoms with Gasteiger partial charge in [0, 0.05) is 35.9 Å². The Hall–Kier alpha value is -3.50. The minimum Gasteiger partial charge on any atom is -0.477 e.